The monoisotopic (exact) mass is 374 g/mol. The third-order valence-corrected chi connectivity index (χ3v) is 4.16. The van der Waals surface area contributed by atoms with Gasteiger partial charge in [0.15, 0.2) is 0 Å². The fourth-order valence-electron chi connectivity index (χ4n) is 1.62. The molecule has 0 radical (unpaired) electrons. The Bertz CT molecular complexity index is 498. The maximum Gasteiger partial charge on any atom is 0.0192 e. The first-order valence-electron chi connectivity index (χ1n) is 4.68. The maximum atomic E-state index is 3.52. The molecule has 0 saturated carbocycles. The normalized spacial score (nSPS) is 10.5. The van der Waals surface area contributed by atoms with Gasteiger partial charge in [0.05, 0.1) is 0 Å². The summed E-state index contributed by atoms with van der Waals surface area (Å²) in [5.74, 6) is 0. The van der Waals surface area contributed by atoms with Crippen molar-refractivity contribution in [3.05, 3.63) is 45.3 Å². The van der Waals surface area contributed by atoms with Gasteiger partial charge in [-0.1, -0.05) is 50.1 Å². The maximum absolute atomic E-state index is 3.52. The van der Waals surface area contributed by atoms with E-state index in [1.54, 1.807) is 0 Å². The van der Waals surface area contributed by atoms with E-state index in [1.165, 1.54) is 21.7 Å². The largest absolute Gasteiger partial charge is 0.105 e. The lowest BCUT2D eigenvalue weighted by molar-refractivity contribution is 1.59. The molecule has 0 N–H and O–H groups in total. The molecule has 0 amide bonds. The van der Waals surface area contributed by atoms with Crippen molar-refractivity contribution in [2.24, 2.45) is 0 Å². The molecule has 16 heavy (non-hydrogen) atoms. The molecule has 2 rings (SSSR count). The molecule has 2 aromatic rings. The average Bonchev–Trinajstić information content (AvgIpc) is 2.15. The molecule has 0 nitrogen and oxygen atoms in total. The number of hydrogen-bond acceptors (Lipinski definition) is 0. The summed E-state index contributed by atoms with van der Waals surface area (Å²) in [6.45, 7) is 0. The standard InChI is InChI=1S/C12H10Br2P2/c13-8-4-7(5-9(14)6-8)12-10(15)2-1-3-11(12)16/h1-6H,15-16H2. The summed E-state index contributed by atoms with van der Waals surface area (Å²) < 4.78 is 2.16. The van der Waals surface area contributed by atoms with Crippen LogP contribution in [0.1, 0.15) is 0 Å². The highest BCUT2D eigenvalue weighted by atomic mass is 79.9. The van der Waals surface area contributed by atoms with Crippen LogP contribution in [0.15, 0.2) is 45.3 Å². The van der Waals surface area contributed by atoms with Crippen LogP contribution in [0.25, 0.3) is 11.1 Å². The Kier molecular flexibility index (Phi) is 4.19. The Morgan fingerprint density at radius 3 is 1.81 bits per heavy atom. The van der Waals surface area contributed by atoms with E-state index in [9.17, 15) is 0 Å². The van der Waals surface area contributed by atoms with Gasteiger partial charge in [-0.3, -0.25) is 0 Å². The molecule has 0 bridgehead atoms. The second-order valence-corrected chi connectivity index (χ2v) is 6.54. The third-order valence-electron chi connectivity index (χ3n) is 2.28. The van der Waals surface area contributed by atoms with Gasteiger partial charge >= 0.3 is 0 Å². The summed E-state index contributed by atoms with van der Waals surface area (Å²) in [6, 6.07) is 12.5. The van der Waals surface area contributed by atoms with Crippen molar-refractivity contribution in [1.82, 2.24) is 0 Å². The molecule has 4 heteroatoms. The molecule has 0 heterocycles. The lowest BCUT2D eigenvalue weighted by atomic mass is 10.1. The van der Waals surface area contributed by atoms with E-state index in [0.29, 0.717) is 0 Å². The van der Waals surface area contributed by atoms with Crippen LogP contribution in [0.5, 0.6) is 0 Å². The summed E-state index contributed by atoms with van der Waals surface area (Å²) in [4.78, 5) is 0. The minimum atomic E-state index is 1.08. The number of benzene rings is 2. The summed E-state index contributed by atoms with van der Waals surface area (Å²) in [7, 11) is 5.56. The van der Waals surface area contributed by atoms with Gasteiger partial charge in [-0.25, -0.2) is 0 Å². The van der Waals surface area contributed by atoms with Crippen LogP contribution in [-0.4, -0.2) is 0 Å². The average molecular weight is 376 g/mol. The molecule has 0 aliphatic rings. The van der Waals surface area contributed by atoms with E-state index in [2.05, 4.69) is 80.7 Å². The Morgan fingerprint density at radius 1 is 0.812 bits per heavy atom. The molecule has 0 fully saturated rings. The highest BCUT2D eigenvalue weighted by Gasteiger charge is 2.06. The van der Waals surface area contributed by atoms with Crippen molar-refractivity contribution in [2.45, 2.75) is 0 Å². The van der Waals surface area contributed by atoms with Crippen LogP contribution >= 0.6 is 50.3 Å². The minimum absolute atomic E-state index is 1.08. The smallest absolute Gasteiger partial charge is 0.0192 e. The molecule has 2 aromatic carbocycles. The summed E-state index contributed by atoms with van der Waals surface area (Å²) in [6.07, 6.45) is 0. The van der Waals surface area contributed by atoms with E-state index >= 15 is 0 Å². The van der Waals surface area contributed by atoms with Crippen LogP contribution < -0.4 is 10.6 Å². The van der Waals surface area contributed by atoms with E-state index in [4.69, 9.17) is 0 Å². The zero-order valence-electron chi connectivity index (χ0n) is 8.37. The van der Waals surface area contributed by atoms with Crippen molar-refractivity contribution in [3.8, 4) is 11.1 Å². The predicted octanol–water partition coefficient (Wildman–Crippen LogP) is 3.88. The summed E-state index contributed by atoms with van der Waals surface area (Å²) in [5, 5.41) is 2.41. The highest BCUT2D eigenvalue weighted by Crippen LogP contribution is 2.27. The molecule has 0 aliphatic heterocycles. The molecule has 0 aliphatic carbocycles. The SMILES string of the molecule is Pc1cccc(P)c1-c1cc(Br)cc(Br)c1. The van der Waals surface area contributed by atoms with Gasteiger partial charge < -0.3 is 0 Å². The Labute approximate surface area is 117 Å². The van der Waals surface area contributed by atoms with Crippen LogP contribution in [-0.2, 0) is 0 Å². The van der Waals surface area contributed by atoms with Gasteiger partial charge in [0.2, 0.25) is 0 Å². The molecule has 2 atom stereocenters. The first kappa shape index (κ1) is 12.7. The fraction of sp³-hybridized carbons (Fsp3) is 0. The van der Waals surface area contributed by atoms with Crippen molar-refractivity contribution < 1.29 is 0 Å². The van der Waals surface area contributed by atoms with Gasteiger partial charge in [-0.05, 0) is 39.9 Å². The molecular formula is C12H10Br2P2. The van der Waals surface area contributed by atoms with Crippen LogP contribution in [0.3, 0.4) is 0 Å². The lowest BCUT2D eigenvalue weighted by Crippen LogP contribution is -2.07. The van der Waals surface area contributed by atoms with Crippen LogP contribution in [0, 0.1) is 0 Å². The van der Waals surface area contributed by atoms with Gasteiger partial charge in [0.25, 0.3) is 0 Å². The van der Waals surface area contributed by atoms with E-state index in [1.807, 2.05) is 6.07 Å². The molecule has 0 aromatic heterocycles. The minimum Gasteiger partial charge on any atom is -0.105 e. The molecular weight excluding hydrogens is 366 g/mol. The second kappa shape index (κ2) is 5.27. The number of rotatable bonds is 1. The number of hydrogen-bond donors (Lipinski definition) is 0. The van der Waals surface area contributed by atoms with Gasteiger partial charge in [0.1, 0.15) is 0 Å². The first-order valence-corrected chi connectivity index (χ1v) is 7.42. The quantitative estimate of drug-likeness (QED) is 0.663. The van der Waals surface area contributed by atoms with E-state index in [-0.39, 0.29) is 0 Å². The first-order chi connectivity index (χ1) is 7.58. The molecule has 0 spiro atoms. The van der Waals surface area contributed by atoms with Gasteiger partial charge in [-0.2, -0.15) is 0 Å². The number of halogens is 2. The summed E-state index contributed by atoms with van der Waals surface area (Å²) in [5.41, 5.74) is 2.45. The van der Waals surface area contributed by atoms with E-state index in [0.717, 1.165) is 8.95 Å². The van der Waals surface area contributed by atoms with Crippen molar-refractivity contribution in [2.75, 3.05) is 0 Å². The zero-order valence-corrected chi connectivity index (χ0v) is 13.9. The zero-order chi connectivity index (χ0) is 11.7. The van der Waals surface area contributed by atoms with Crippen LogP contribution in [0.2, 0.25) is 0 Å². The van der Waals surface area contributed by atoms with Crippen molar-refractivity contribution in [1.29, 1.82) is 0 Å². The fourth-order valence-corrected chi connectivity index (χ4v) is 3.97. The second-order valence-electron chi connectivity index (χ2n) is 3.47. The van der Waals surface area contributed by atoms with E-state index < -0.39 is 0 Å². The third kappa shape index (κ3) is 2.74. The predicted molar refractivity (Wildman–Crippen MR) is 86.0 cm³/mol. The molecule has 2 unspecified atom stereocenters. The Hall–Kier alpha value is 0.260. The topological polar surface area (TPSA) is 0 Å². The molecule has 0 saturated heterocycles. The lowest BCUT2D eigenvalue weighted by Gasteiger charge is -2.10. The highest BCUT2D eigenvalue weighted by molar-refractivity contribution is 9.11. The summed E-state index contributed by atoms with van der Waals surface area (Å²) >= 11 is 7.03. The Balaban J connectivity index is 2.67. The van der Waals surface area contributed by atoms with Gasteiger partial charge in [0, 0.05) is 8.95 Å². The van der Waals surface area contributed by atoms with Crippen LogP contribution in [0.4, 0.5) is 0 Å². The van der Waals surface area contributed by atoms with Gasteiger partial charge in [-0.15, -0.1) is 18.5 Å². The molecule has 82 valence electrons. The van der Waals surface area contributed by atoms with Crippen molar-refractivity contribution in [3.63, 3.8) is 0 Å². The Morgan fingerprint density at radius 2 is 1.31 bits per heavy atom. The van der Waals surface area contributed by atoms with Crippen molar-refractivity contribution >= 4 is 60.9 Å².